The average Bonchev–Trinajstić information content (AvgIpc) is 2.89. The van der Waals surface area contributed by atoms with Crippen LogP contribution in [0.3, 0.4) is 0 Å². The molecule has 1 heterocycles. The van der Waals surface area contributed by atoms with Gasteiger partial charge in [-0.05, 0) is 69.5 Å². The highest BCUT2D eigenvalue weighted by Gasteiger charge is 2.39. The molecule has 182 valence electrons. The predicted molar refractivity (Wildman–Crippen MR) is 147 cm³/mol. The lowest BCUT2D eigenvalue weighted by atomic mass is 9.76. The first kappa shape index (κ1) is 24.2. The Labute approximate surface area is 224 Å². The summed E-state index contributed by atoms with van der Waals surface area (Å²) in [6, 6.07) is 20.5. The van der Waals surface area contributed by atoms with Crippen LogP contribution in [0.1, 0.15) is 36.3 Å². The van der Waals surface area contributed by atoms with E-state index in [0.717, 1.165) is 44.0 Å². The van der Waals surface area contributed by atoms with Gasteiger partial charge in [-0.15, -0.1) is 0 Å². The summed E-state index contributed by atoms with van der Waals surface area (Å²) >= 11 is 2.23. The van der Waals surface area contributed by atoms with Gasteiger partial charge in [-0.25, -0.2) is 0 Å². The number of halogens is 1. The largest absolute Gasteiger partial charge is 0.493 e. The van der Waals surface area contributed by atoms with Gasteiger partial charge in [0.2, 0.25) is 0 Å². The highest BCUT2D eigenvalue weighted by molar-refractivity contribution is 14.1. The molecule has 0 saturated carbocycles. The summed E-state index contributed by atoms with van der Waals surface area (Å²) in [4.78, 5) is 14.9. The fraction of sp³-hybridized carbons (Fsp3) is 0.241. The Morgan fingerprint density at radius 2 is 1.94 bits per heavy atom. The first-order valence-corrected chi connectivity index (χ1v) is 12.9. The normalized spacial score (nSPS) is 17.8. The van der Waals surface area contributed by atoms with Crippen molar-refractivity contribution < 1.29 is 14.3 Å². The zero-order chi connectivity index (χ0) is 25.4. The van der Waals surface area contributed by atoms with E-state index in [-0.39, 0.29) is 5.78 Å². The third-order valence-corrected chi connectivity index (χ3v) is 7.81. The van der Waals surface area contributed by atoms with Gasteiger partial charge in [0.05, 0.1) is 28.2 Å². The third kappa shape index (κ3) is 4.09. The first-order chi connectivity index (χ1) is 17.4. The Bertz CT molecular complexity index is 1480. The highest BCUT2D eigenvalue weighted by atomic mass is 127. The van der Waals surface area contributed by atoms with E-state index in [1.54, 1.807) is 12.0 Å². The molecule has 2 aliphatic rings. The molecule has 0 spiro atoms. The van der Waals surface area contributed by atoms with Crippen molar-refractivity contribution in [3.63, 3.8) is 0 Å². The Kier molecular flexibility index (Phi) is 6.63. The number of Topliss-reactive ketones (excluding diaryl/α,β-unsaturated/α-hetero) is 1. The van der Waals surface area contributed by atoms with E-state index in [9.17, 15) is 10.1 Å². The van der Waals surface area contributed by atoms with Crippen molar-refractivity contribution in [3.05, 3.63) is 92.0 Å². The topological polar surface area (TPSA) is 88.6 Å². The number of methoxy groups -OCH3 is 1. The van der Waals surface area contributed by atoms with Crippen LogP contribution in [-0.4, -0.2) is 24.8 Å². The number of fused-ring (bicyclic) bond motifs is 1. The van der Waals surface area contributed by atoms with Crippen molar-refractivity contribution in [1.29, 1.82) is 5.26 Å². The molecule has 3 aromatic carbocycles. The second kappa shape index (κ2) is 9.86. The number of hydrogen-bond acceptors (Lipinski definition) is 6. The van der Waals surface area contributed by atoms with Crippen molar-refractivity contribution in [2.45, 2.75) is 31.8 Å². The Balaban J connectivity index is 1.55. The van der Waals surface area contributed by atoms with Gasteiger partial charge >= 0.3 is 0 Å². The van der Waals surface area contributed by atoms with Crippen LogP contribution in [0.15, 0.2) is 77.3 Å². The molecule has 3 aromatic rings. The summed E-state index contributed by atoms with van der Waals surface area (Å²) in [6.45, 7) is 0.380. The van der Waals surface area contributed by atoms with E-state index in [1.165, 1.54) is 0 Å². The number of nitrogens with two attached hydrogens (primary N) is 1. The number of carbonyl (C=O) groups excluding carboxylic acids is 1. The summed E-state index contributed by atoms with van der Waals surface area (Å²) < 4.78 is 12.9. The fourth-order valence-electron chi connectivity index (χ4n) is 5.21. The summed E-state index contributed by atoms with van der Waals surface area (Å²) in [5, 5.41) is 12.3. The van der Waals surface area contributed by atoms with Crippen molar-refractivity contribution in [3.8, 4) is 17.6 Å². The lowest BCUT2D eigenvalue weighted by Crippen LogP contribution is -2.36. The molecule has 0 unspecified atom stereocenters. The van der Waals surface area contributed by atoms with E-state index in [4.69, 9.17) is 15.2 Å². The number of ether oxygens (including phenoxy) is 2. The van der Waals surface area contributed by atoms with Gasteiger partial charge in [-0.2, -0.15) is 5.26 Å². The maximum atomic E-state index is 13.1. The second-order valence-electron chi connectivity index (χ2n) is 9.00. The Morgan fingerprint density at radius 3 is 2.72 bits per heavy atom. The molecule has 0 saturated heterocycles. The number of benzene rings is 3. The number of hydrogen-bond donors (Lipinski definition) is 1. The van der Waals surface area contributed by atoms with E-state index < -0.39 is 5.92 Å². The van der Waals surface area contributed by atoms with E-state index in [0.29, 0.717) is 41.5 Å². The van der Waals surface area contributed by atoms with Gasteiger partial charge in [0, 0.05) is 24.7 Å². The van der Waals surface area contributed by atoms with E-state index in [1.807, 2.05) is 37.4 Å². The Hall–Kier alpha value is -3.51. The molecular formula is C29H26IN3O3. The number of nitrogens with zero attached hydrogens (tertiary/aromatic N) is 2. The van der Waals surface area contributed by atoms with Crippen LogP contribution in [0.5, 0.6) is 11.5 Å². The molecule has 6 nitrogen and oxygen atoms in total. The second-order valence-corrected chi connectivity index (χ2v) is 10.2. The van der Waals surface area contributed by atoms with Gasteiger partial charge in [0.1, 0.15) is 12.4 Å². The minimum atomic E-state index is -0.525. The molecule has 36 heavy (non-hydrogen) atoms. The molecule has 0 radical (unpaired) electrons. The number of ketones is 1. The molecule has 0 bridgehead atoms. The molecule has 0 fully saturated rings. The van der Waals surface area contributed by atoms with Crippen molar-refractivity contribution >= 4 is 39.1 Å². The summed E-state index contributed by atoms with van der Waals surface area (Å²) in [7, 11) is 3.42. The molecule has 1 atom stereocenters. The van der Waals surface area contributed by atoms with Crippen molar-refractivity contribution in [1.82, 2.24) is 4.90 Å². The predicted octanol–water partition coefficient (Wildman–Crippen LogP) is 5.76. The Morgan fingerprint density at radius 1 is 1.17 bits per heavy atom. The number of rotatable bonds is 5. The van der Waals surface area contributed by atoms with Gasteiger partial charge in [-0.3, -0.25) is 4.79 Å². The lowest BCUT2D eigenvalue weighted by molar-refractivity contribution is -0.116. The molecule has 1 aliphatic heterocycles. The summed E-state index contributed by atoms with van der Waals surface area (Å²) in [6.07, 6.45) is 2.02. The number of allylic oxidation sites excluding steroid dienone is 3. The van der Waals surface area contributed by atoms with Crippen LogP contribution in [0.4, 0.5) is 0 Å². The zero-order valence-corrected chi connectivity index (χ0v) is 22.3. The lowest BCUT2D eigenvalue weighted by Gasteiger charge is -2.37. The van der Waals surface area contributed by atoms with Gasteiger partial charge < -0.3 is 20.1 Å². The molecule has 2 N–H and O–H groups in total. The molecule has 1 aliphatic carbocycles. The van der Waals surface area contributed by atoms with Crippen LogP contribution in [0.25, 0.3) is 10.8 Å². The zero-order valence-electron chi connectivity index (χ0n) is 20.2. The van der Waals surface area contributed by atoms with Crippen molar-refractivity contribution in [2.24, 2.45) is 5.73 Å². The van der Waals surface area contributed by atoms with Crippen LogP contribution in [0, 0.1) is 14.9 Å². The average molecular weight is 591 g/mol. The fourth-order valence-corrected chi connectivity index (χ4v) is 5.99. The van der Waals surface area contributed by atoms with Gasteiger partial charge in [0.15, 0.2) is 17.3 Å². The number of nitriles is 1. The summed E-state index contributed by atoms with van der Waals surface area (Å²) in [5.74, 6) is 1.11. The first-order valence-electron chi connectivity index (χ1n) is 11.8. The minimum Gasteiger partial charge on any atom is -0.493 e. The molecule has 0 amide bonds. The number of carbonyl (C=O) groups is 1. The van der Waals surface area contributed by atoms with Crippen LogP contribution < -0.4 is 15.2 Å². The maximum Gasteiger partial charge on any atom is 0.174 e. The quantitative estimate of drug-likeness (QED) is 0.380. The third-order valence-electron chi connectivity index (χ3n) is 7.01. The monoisotopic (exact) mass is 591 g/mol. The van der Waals surface area contributed by atoms with Gasteiger partial charge in [-0.1, -0.05) is 42.5 Å². The van der Waals surface area contributed by atoms with Crippen LogP contribution in [-0.2, 0) is 11.4 Å². The smallest absolute Gasteiger partial charge is 0.174 e. The van der Waals surface area contributed by atoms with Gasteiger partial charge in [0.25, 0.3) is 0 Å². The molecule has 7 heteroatoms. The maximum absolute atomic E-state index is 13.1. The van der Waals surface area contributed by atoms with Crippen LogP contribution >= 0.6 is 22.6 Å². The van der Waals surface area contributed by atoms with Crippen molar-refractivity contribution in [2.75, 3.05) is 14.2 Å². The molecule has 5 rings (SSSR count). The SMILES string of the molecule is COc1cc([C@@H]2C(C#N)=C(N)N(C)C3=C2C(=O)CCC3)cc(I)c1OCc1cccc2ccccc12. The van der Waals surface area contributed by atoms with E-state index in [2.05, 4.69) is 52.9 Å². The standard InChI is InChI=1S/C29H26IN3O3/c1-33-23-11-6-12-24(34)27(23)26(21(15-31)29(33)32)19-13-22(30)28(25(14-19)35-2)36-16-18-9-5-8-17-7-3-4-10-20(17)18/h3-5,7-10,13-14,26H,6,11-12,16,32H2,1-2H3/t26-/m1/s1. The highest BCUT2D eigenvalue weighted by Crippen LogP contribution is 2.46. The molecular weight excluding hydrogens is 565 g/mol. The minimum absolute atomic E-state index is 0.0682. The van der Waals surface area contributed by atoms with E-state index >= 15 is 0 Å². The summed E-state index contributed by atoms with van der Waals surface area (Å²) in [5.41, 5.74) is 10.2. The molecule has 0 aromatic heterocycles. The van der Waals surface area contributed by atoms with Crippen LogP contribution in [0.2, 0.25) is 0 Å².